The highest BCUT2D eigenvalue weighted by atomic mass is 16.5. The van der Waals surface area contributed by atoms with Gasteiger partial charge in [0.25, 0.3) is 5.56 Å². The summed E-state index contributed by atoms with van der Waals surface area (Å²) in [5.74, 6) is 0.910. The third-order valence-electron chi connectivity index (χ3n) is 6.30. The van der Waals surface area contributed by atoms with Gasteiger partial charge in [-0.15, -0.1) is 0 Å². The number of aromatic nitrogens is 1. The van der Waals surface area contributed by atoms with E-state index in [1.807, 2.05) is 31.9 Å². The van der Waals surface area contributed by atoms with Gasteiger partial charge in [0, 0.05) is 55.6 Å². The number of piperazine rings is 1. The third-order valence-corrected chi connectivity index (χ3v) is 6.30. The predicted octanol–water partition coefficient (Wildman–Crippen LogP) is 2.83. The van der Waals surface area contributed by atoms with Crippen LogP contribution in [0.25, 0.3) is 11.1 Å². The summed E-state index contributed by atoms with van der Waals surface area (Å²) in [7, 11) is 9.53. The highest BCUT2D eigenvalue weighted by molar-refractivity contribution is 6.04. The second-order valence-electron chi connectivity index (χ2n) is 8.19. The molecule has 1 atom stereocenters. The van der Waals surface area contributed by atoms with Crippen LogP contribution in [0.3, 0.4) is 0 Å². The molecule has 1 saturated heterocycles. The van der Waals surface area contributed by atoms with Crippen LogP contribution in [-0.4, -0.2) is 55.0 Å². The zero-order valence-electron chi connectivity index (χ0n) is 18.6. The van der Waals surface area contributed by atoms with Crippen molar-refractivity contribution in [1.82, 2.24) is 14.3 Å². The van der Waals surface area contributed by atoms with E-state index in [0.29, 0.717) is 6.04 Å². The van der Waals surface area contributed by atoms with Crippen LogP contribution in [0.2, 0.25) is 0 Å². The molecule has 154 valence electrons. The molecule has 1 fully saturated rings. The normalized spacial score (nSPS) is 18.2. The minimum Gasteiger partial charge on any atom is -0.496 e. The molecule has 0 bridgehead atoms. The van der Waals surface area contributed by atoms with Crippen LogP contribution in [-0.2, 0) is 20.0 Å². The average molecular weight is 393 g/mol. The summed E-state index contributed by atoms with van der Waals surface area (Å²) in [6.07, 6.45) is 2.86. The largest absolute Gasteiger partial charge is 0.496 e. The van der Waals surface area contributed by atoms with Gasteiger partial charge >= 0.3 is 0 Å². The van der Waals surface area contributed by atoms with Gasteiger partial charge in [-0.3, -0.25) is 9.69 Å². The van der Waals surface area contributed by atoms with Crippen molar-refractivity contribution in [3.8, 4) is 16.9 Å². The first-order valence-corrected chi connectivity index (χ1v) is 10.4. The van der Waals surface area contributed by atoms with Crippen LogP contribution in [0.15, 0.2) is 23.1 Å². The molecule has 1 unspecified atom stereocenters. The maximum atomic E-state index is 12.3. The van der Waals surface area contributed by atoms with Crippen LogP contribution >= 0.6 is 0 Å². The summed E-state index contributed by atoms with van der Waals surface area (Å²) in [6.45, 7) is 11.9. The Kier molecular flexibility index (Phi) is 6.54. The Hall–Kier alpha value is -2.05. The van der Waals surface area contributed by atoms with Crippen molar-refractivity contribution in [2.24, 2.45) is 7.05 Å². The van der Waals surface area contributed by atoms with Crippen LogP contribution < -0.4 is 10.3 Å². The van der Waals surface area contributed by atoms with Gasteiger partial charge in [-0.2, -0.15) is 0 Å². The molecule has 0 N–H and O–H groups in total. The molecule has 0 spiro atoms. The number of rotatable bonds is 5. The van der Waals surface area contributed by atoms with Gasteiger partial charge in [-0.1, -0.05) is 13.0 Å². The lowest BCUT2D eigenvalue weighted by Gasteiger charge is -2.39. The average Bonchev–Trinajstić information content (AvgIpc) is 2.71. The van der Waals surface area contributed by atoms with E-state index in [9.17, 15) is 4.79 Å². The Morgan fingerprint density at radius 1 is 1.21 bits per heavy atom. The van der Waals surface area contributed by atoms with Crippen LogP contribution in [0, 0.1) is 13.8 Å². The van der Waals surface area contributed by atoms with E-state index in [4.69, 9.17) is 12.7 Å². The molecule has 1 aliphatic heterocycles. The summed E-state index contributed by atoms with van der Waals surface area (Å²) in [4.78, 5) is 16.6. The first kappa shape index (κ1) is 21.7. The zero-order valence-corrected chi connectivity index (χ0v) is 18.6. The summed E-state index contributed by atoms with van der Waals surface area (Å²) < 4.78 is 7.51. The van der Waals surface area contributed by atoms with Crippen molar-refractivity contribution in [1.29, 1.82) is 0 Å². The Bertz CT molecular complexity index is 929. The Balaban J connectivity index is 2.05. The molecule has 0 amide bonds. The van der Waals surface area contributed by atoms with Crippen LogP contribution in [0.5, 0.6) is 5.75 Å². The quantitative estimate of drug-likeness (QED) is 0.733. The van der Waals surface area contributed by atoms with Gasteiger partial charge in [0.05, 0.1) is 7.11 Å². The molecule has 3 rings (SSSR count). The highest BCUT2D eigenvalue weighted by Crippen LogP contribution is 2.34. The minimum atomic E-state index is 0.0542. The zero-order chi connectivity index (χ0) is 21.3. The van der Waals surface area contributed by atoms with Crippen LogP contribution in [0.4, 0.5) is 0 Å². The summed E-state index contributed by atoms with van der Waals surface area (Å²) in [5, 5.41) is 0. The Morgan fingerprint density at radius 2 is 1.93 bits per heavy atom. The van der Waals surface area contributed by atoms with E-state index in [0.717, 1.165) is 60.6 Å². The Labute approximate surface area is 175 Å². The highest BCUT2D eigenvalue weighted by Gasteiger charge is 2.24. The van der Waals surface area contributed by atoms with Crippen molar-refractivity contribution in [3.05, 3.63) is 50.9 Å². The lowest BCUT2D eigenvalue weighted by atomic mass is 9.93. The van der Waals surface area contributed by atoms with Gasteiger partial charge in [-0.25, -0.2) is 0 Å². The van der Waals surface area contributed by atoms with Crippen molar-refractivity contribution in [2.45, 2.75) is 46.7 Å². The van der Waals surface area contributed by atoms with Crippen molar-refractivity contribution >= 4 is 7.98 Å². The fraction of sp³-hybridized carbons (Fsp3) is 0.522. The molecule has 1 aliphatic rings. The van der Waals surface area contributed by atoms with Gasteiger partial charge in [-0.05, 0) is 56.5 Å². The van der Waals surface area contributed by atoms with Gasteiger partial charge < -0.3 is 14.1 Å². The van der Waals surface area contributed by atoms with E-state index < -0.39 is 0 Å². The molecular weight excluding hydrogens is 361 g/mol. The molecule has 1 aromatic heterocycles. The first-order chi connectivity index (χ1) is 13.8. The number of methoxy groups -OCH3 is 1. The van der Waals surface area contributed by atoms with E-state index in [1.54, 1.807) is 11.7 Å². The van der Waals surface area contributed by atoms with E-state index >= 15 is 0 Å². The number of hydrogen-bond donors (Lipinski definition) is 0. The lowest BCUT2D eigenvalue weighted by molar-refractivity contribution is 0.122. The second kappa shape index (κ2) is 8.76. The number of pyridine rings is 1. The molecule has 0 aliphatic carbocycles. The summed E-state index contributed by atoms with van der Waals surface area (Å²) in [5.41, 5.74) is 6.58. The molecule has 2 aromatic rings. The molecule has 29 heavy (non-hydrogen) atoms. The first-order valence-electron chi connectivity index (χ1n) is 10.4. The van der Waals surface area contributed by atoms with E-state index in [2.05, 4.69) is 30.9 Å². The molecule has 0 saturated carbocycles. The van der Waals surface area contributed by atoms with Gasteiger partial charge in [0.2, 0.25) is 0 Å². The SMILES string of the molecule is [B]N1CCN(Cc2c(CC)cc(-c3cn(C)c(=O)c(C)c3C)cc2OC)C(C)C1. The number of benzene rings is 1. The second-order valence-corrected chi connectivity index (χ2v) is 8.19. The van der Waals surface area contributed by atoms with Crippen LogP contribution in [0.1, 0.15) is 36.1 Å². The number of aryl methyl sites for hydroxylation is 2. The Morgan fingerprint density at radius 3 is 2.55 bits per heavy atom. The predicted molar refractivity (Wildman–Crippen MR) is 120 cm³/mol. The molecule has 2 heterocycles. The fourth-order valence-electron chi connectivity index (χ4n) is 4.26. The third kappa shape index (κ3) is 4.29. The molecule has 6 heteroatoms. The lowest BCUT2D eigenvalue weighted by Crippen LogP contribution is -2.50. The number of nitrogens with zero attached hydrogens (tertiary/aromatic N) is 3. The smallest absolute Gasteiger partial charge is 0.253 e. The minimum absolute atomic E-state index is 0.0542. The van der Waals surface area contributed by atoms with Crippen molar-refractivity contribution < 1.29 is 4.74 Å². The monoisotopic (exact) mass is 393 g/mol. The number of ether oxygens (including phenoxy) is 1. The van der Waals surface area contributed by atoms with E-state index in [-0.39, 0.29) is 5.56 Å². The molecular formula is C23H32BN3O2. The summed E-state index contributed by atoms with van der Waals surface area (Å²) >= 11 is 0. The molecule has 5 nitrogen and oxygen atoms in total. The van der Waals surface area contributed by atoms with E-state index in [1.165, 1.54) is 11.1 Å². The van der Waals surface area contributed by atoms with Crippen molar-refractivity contribution in [2.75, 3.05) is 26.7 Å². The van der Waals surface area contributed by atoms with Gasteiger partial charge in [0.1, 0.15) is 5.75 Å². The summed E-state index contributed by atoms with van der Waals surface area (Å²) in [6, 6.07) is 4.77. The fourth-order valence-corrected chi connectivity index (χ4v) is 4.26. The van der Waals surface area contributed by atoms with Crippen molar-refractivity contribution in [3.63, 3.8) is 0 Å². The number of hydrogen-bond acceptors (Lipinski definition) is 4. The maximum absolute atomic E-state index is 12.3. The maximum Gasteiger partial charge on any atom is 0.253 e. The molecule has 1 aromatic carbocycles. The van der Waals surface area contributed by atoms with Gasteiger partial charge in [0.15, 0.2) is 7.98 Å². The topological polar surface area (TPSA) is 37.7 Å². The standard InChI is InChI=1S/C23H32BN3O2/c1-7-18-10-19(20-13-25(5)23(28)17(4)16(20)3)11-22(29-6)21(18)14-26-8-9-27(24)12-15(26)2/h10-11,13,15H,7-9,12,14H2,1-6H3. The molecule has 2 radical (unpaired) electrons.